The number of pyridine rings is 1. The van der Waals surface area contributed by atoms with Crippen LogP contribution in [-0.4, -0.2) is 85.1 Å². The van der Waals surface area contributed by atoms with E-state index in [0.29, 0.717) is 24.1 Å². The summed E-state index contributed by atoms with van der Waals surface area (Å²) in [7, 11) is 0. The second-order valence-corrected chi connectivity index (χ2v) is 11.2. The van der Waals surface area contributed by atoms with Crippen molar-refractivity contribution in [3.63, 3.8) is 0 Å². The molecular formula is C26H33ClN4O4. The number of anilines is 2. The number of amides is 1. The molecule has 188 valence electrons. The van der Waals surface area contributed by atoms with Gasteiger partial charge in [0, 0.05) is 56.9 Å². The number of carbonyl (C=O) groups is 1. The number of fused-ring (bicyclic) bond motifs is 1. The Bertz CT molecular complexity index is 1130. The van der Waals surface area contributed by atoms with Gasteiger partial charge in [0.05, 0.1) is 35.6 Å². The van der Waals surface area contributed by atoms with Gasteiger partial charge in [0.2, 0.25) is 5.91 Å². The Balaban J connectivity index is 1.15. The van der Waals surface area contributed by atoms with Gasteiger partial charge in [-0.25, -0.2) is 4.98 Å². The van der Waals surface area contributed by atoms with Crippen molar-refractivity contribution in [2.24, 2.45) is 11.3 Å². The highest BCUT2D eigenvalue weighted by atomic mass is 35.5. The van der Waals surface area contributed by atoms with Crippen molar-refractivity contribution in [2.45, 2.75) is 37.8 Å². The number of aliphatic hydroxyl groups is 1. The van der Waals surface area contributed by atoms with Crippen LogP contribution in [0.5, 0.6) is 0 Å². The first-order chi connectivity index (χ1) is 16.9. The number of halogens is 1. The summed E-state index contributed by atoms with van der Waals surface area (Å²) >= 11 is 6.68. The van der Waals surface area contributed by atoms with Gasteiger partial charge in [-0.1, -0.05) is 11.6 Å². The third-order valence-corrected chi connectivity index (χ3v) is 9.07. The van der Waals surface area contributed by atoms with Gasteiger partial charge < -0.3 is 24.8 Å². The van der Waals surface area contributed by atoms with E-state index in [-0.39, 0.29) is 22.8 Å². The molecule has 35 heavy (non-hydrogen) atoms. The number of hydrogen-bond donors (Lipinski definition) is 2. The Kier molecular flexibility index (Phi) is 5.92. The zero-order valence-corrected chi connectivity index (χ0v) is 20.9. The highest BCUT2D eigenvalue weighted by Crippen LogP contribution is 2.59. The van der Waals surface area contributed by atoms with Crippen LogP contribution in [0.3, 0.4) is 0 Å². The van der Waals surface area contributed by atoms with Gasteiger partial charge in [-0.15, -0.1) is 0 Å². The van der Waals surface area contributed by atoms with Crippen LogP contribution in [0.2, 0.25) is 5.02 Å². The van der Waals surface area contributed by atoms with Gasteiger partial charge in [-0.3, -0.25) is 9.69 Å². The summed E-state index contributed by atoms with van der Waals surface area (Å²) in [6.45, 7) is 7.84. The molecular weight excluding hydrogens is 468 g/mol. The maximum absolute atomic E-state index is 12.9. The molecule has 3 saturated heterocycles. The third kappa shape index (κ3) is 4.19. The Morgan fingerprint density at radius 2 is 1.91 bits per heavy atom. The third-order valence-electron chi connectivity index (χ3n) is 8.76. The smallest absolute Gasteiger partial charge is 0.229 e. The molecule has 1 unspecified atom stereocenters. The Morgan fingerprint density at radius 1 is 1.14 bits per heavy atom. The summed E-state index contributed by atoms with van der Waals surface area (Å²) in [5.41, 5.74) is 0.793. The predicted octanol–water partition coefficient (Wildman–Crippen LogP) is 2.92. The molecule has 1 aliphatic carbocycles. The van der Waals surface area contributed by atoms with Crippen LogP contribution >= 0.6 is 11.6 Å². The lowest BCUT2D eigenvalue weighted by Gasteiger charge is -2.45. The quantitative estimate of drug-likeness (QED) is 0.667. The van der Waals surface area contributed by atoms with Crippen molar-refractivity contribution in [1.29, 1.82) is 0 Å². The SMILES string of the molecule is C[C@@]1(N2CCN(c3cc4cc(NC(=O)C5CC56CCOCC6)ncc4cc3Cl)CC2)COC[C@@H]1O. The fourth-order valence-electron chi connectivity index (χ4n) is 6.14. The summed E-state index contributed by atoms with van der Waals surface area (Å²) in [6.07, 6.45) is 4.20. The highest BCUT2D eigenvalue weighted by molar-refractivity contribution is 6.34. The summed E-state index contributed by atoms with van der Waals surface area (Å²) < 4.78 is 11.0. The average Bonchev–Trinajstić information content (AvgIpc) is 3.44. The van der Waals surface area contributed by atoms with Crippen LogP contribution in [-0.2, 0) is 14.3 Å². The predicted molar refractivity (Wildman–Crippen MR) is 135 cm³/mol. The molecule has 1 aromatic carbocycles. The number of piperazine rings is 1. The molecule has 4 heterocycles. The first-order valence-electron chi connectivity index (χ1n) is 12.6. The first-order valence-corrected chi connectivity index (χ1v) is 13.0. The summed E-state index contributed by atoms with van der Waals surface area (Å²) in [4.78, 5) is 22.0. The Morgan fingerprint density at radius 3 is 2.63 bits per heavy atom. The van der Waals surface area contributed by atoms with Gasteiger partial charge in [0.15, 0.2) is 0 Å². The molecule has 8 nitrogen and oxygen atoms in total. The number of aliphatic hydroxyl groups excluding tert-OH is 1. The molecule has 2 N–H and O–H groups in total. The van der Waals surface area contributed by atoms with E-state index in [2.05, 4.69) is 33.1 Å². The number of aromatic nitrogens is 1. The van der Waals surface area contributed by atoms with Crippen molar-refractivity contribution in [3.05, 3.63) is 29.4 Å². The number of carbonyl (C=O) groups excluding carboxylic acids is 1. The van der Waals surface area contributed by atoms with Crippen molar-refractivity contribution < 1.29 is 19.4 Å². The number of ether oxygens (including phenoxy) is 2. The molecule has 4 fully saturated rings. The highest BCUT2D eigenvalue weighted by Gasteiger charge is 2.58. The minimum absolute atomic E-state index is 0.0617. The molecule has 0 radical (unpaired) electrons. The molecule has 3 atom stereocenters. The Hall–Kier alpha value is -1.97. The van der Waals surface area contributed by atoms with Gasteiger partial charge in [-0.2, -0.15) is 0 Å². The lowest BCUT2D eigenvalue weighted by Crippen LogP contribution is -2.60. The minimum atomic E-state index is -0.462. The topological polar surface area (TPSA) is 87.2 Å². The van der Waals surface area contributed by atoms with Crippen LogP contribution in [0.25, 0.3) is 10.8 Å². The maximum Gasteiger partial charge on any atom is 0.229 e. The second-order valence-electron chi connectivity index (χ2n) is 10.8. The molecule has 1 spiro atoms. The normalized spacial score (nSPS) is 30.7. The number of nitrogens with one attached hydrogen (secondary N) is 1. The Labute approximate surface area is 210 Å². The van der Waals surface area contributed by atoms with Gasteiger partial charge in [-0.05, 0) is 55.2 Å². The number of hydrogen-bond acceptors (Lipinski definition) is 7. The molecule has 0 bridgehead atoms. The lowest BCUT2D eigenvalue weighted by atomic mass is 9.93. The zero-order chi connectivity index (χ0) is 24.2. The molecule has 1 aromatic heterocycles. The summed E-state index contributed by atoms with van der Waals surface area (Å²) in [5, 5.41) is 16.1. The van der Waals surface area contributed by atoms with Crippen molar-refractivity contribution in [3.8, 4) is 0 Å². The van der Waals surface area contributed by atoms with Crippen molar-refractivity contribution in [2.75, 3.05) is 62.8 Å². The van der Waals surface area contributed by atoms with Crippen LogP contribution in [0.1, 0.15) is 26.2 Å². The lowest BCUT2D eigenvalue weighted by molar-refractivity contribution is -0.118. The molecule has 1 amide bonds. The van der Waals surface area contributed by atoms with Crippen LogP contribution in [0, 0.1) is 11.3 Å². The molecule has 1 saturated carbocycles. The largest absolute Gasteiger partial charge is 0.389 e. The molecule has 3 aliphatic heterocycles. The summed E-state index contributed by atoms with van der Waals surface area (Å²) in [6, 6.07) is 5.98. The van der Waals surface area contributed by atoms with Crippen LogP contribution in [0.15, 0.2) is 24.4 Å². The molecule has 4 aliphatic rings. The van der Waals surface area contributed by atoms with E-state index >= 15 is 0 Å². The fraction of sp³-hybridized carbons (Fsp3) is 0.615. The van der Waals surface area contributed by atoms with Gasteiger partial charge in [0.25, 0.3) is 0 Å². The van der Waals surface area contributed by atoms with E-state index in [1.165, 1.54) is 0 Å². The van der Waals surface area contributed by atoms with E-state index in [1.54, 1.807) is 6.20 Å². The average molecular weight is 501 g/mol. The first kappa shape index (κ1) is 23.4. The number of rotatable bonds is 4. The summed E-state index contributed by atoms with van der Waals surface area (Å²) in [5.74, 6) is 0.708. The van der Waals surface area contributed by atoms with Crippen LogP contribution in [0.4, 0.5) is 11.5 Å². The van der Waals surface area contributed by atoms with E-state index in [0.717, 1.165) is 75.1 Å². The van der Waals surface area contributed by atoms with Gasteiger partial charge in [0.1, 0.15) is 5.82 Å². The zero-order valence-electron chi connectivity index (χ0n) is 20.1. The monoisotopic (exact) mass is 500 g/mol. The molecule has 2 aromatic rings. The molecule has 9 heteroatoms. The minimum Gasteiger partial charge on any atom is -0.389 e. The second kappa shape index (κ2) is 8.85. The molecule has 6 rings (SSSR count). The van der Waals surface area contributed by atoms with Crippen LogP contribution < -0.4 is 10.2 Å². The number of nitrogens with zero attached hydrogens (tertiary/aromatic N) is 3. The fourth-order valence-corrected chi connectivity index (χ4v) is 6.43. The van der Waals surface area contributed by atoms with Crippen molar-refractivity contribution in [1.82, 2.24) is 9.88 Å². The van der Waals surface area contributed by atoms with E-state index in [1.807, 2.05) is 12.1 Å². The van der Waals surface area contributed by atoms with E-state index in [4.69, 9.17) is 21.1 Å². The van der Waals surface area contributed by atoms with Gasteiger partial charge >= 0.3 is 0 Å². The van der Waals surface area contributed by atoms with Crippen molar-refractivity contribution >= 4 is 39.8 Å². The van der Waals surface area contributed by atoms with E-state index in [9.17, 15) is 9.90 Å². The number of benzene rings is 1. The maximum atomic E-state index is 12.9. The standard InChI is InChI=1S/C26H33ClN4O4/c1-25(16-35-15-22(25)32)31-6-4-30(5-7-31)21-11-17-12-23(28-14-18(17)10-20(21)27)29-24(33)19-13-26(19)2-8-34-9-3-26/h10-12,14,19,22,32H,2-9,13,15-16H2,1H3,(H,28,29,33)/t19?,22-,25+/m0/s1. The van der Waals surface area contributed by atoms with E-state index < -0.39 is 6.10 Å².